The van der Waals surface area contributed by atoms with Crippen LogP contribution in [0.2, 0.25) is 0 Å². The first-order chi connectivity index (χ1) is 7.15. The fourth-order valence-corrected chi connectivity index (χ4v) is 1.40. The van der Waals surface area contributed by atoms with E-state index in [-0.39, 0.29) is 0 Å². The summed E-state index contributed by atoms with van der Waals surface area (Å²) in [5, 5.41) is 19.9. The number of aliphatic hydroxyl groups is 2. The van der Waals surface area contributed by atoms with Crippen molar-refractivity contribution in [1.82, 2.24) is 0 Å². The van der Waals surface area contributed by atoms with Gasteiger partial charge in [-0.2, -0.15) is 8.42 Å². The Kier molecular flexibility index (Phi) is 4.29. The highest BCUT2D eigenvalue weighted by Gasteiger charge is 2.13. The molecule has 0 aliphatic heterocycles. The van der Waals surface area contributed by atoms with Gasteiger partial charge < -0.3 is 15.5 Å². The van der Waals surface area contributed by atoms with E-state index in [1.54, 1.807) is 30.3 Å². The second-order valence-electron chi connectivity index (χ2n) is 2.82. The van der Waals surface area contributed by atoms with Crippen LogP contribution in [0.5, 0.6) is 0 Å². The molecule has 0 unspecified atom stereocenters. The third kappa shape index (κ3) is 3.35. The van der Waals surface area contributed by atoms with Crippen LogP contribution in [0.3, 0.4) is 0 Å². The van der Waals surface area contributed by atoms with Gasteiger partial charge in [-0.25, -0.2) is 0 Å². The zero-order valence-electron chi connectivity index (χ0n) is 7.79. The van der Waals surface area contributed by atoms with Gasteiger partial charge in [0, 0.05) is 5.69 Å². The van der Waals surface area contributed by atoms with Crippen molar-refractivity contribution < 1.29 is 18.6 Å². The molecule has 0 heterocycles. The monoisotopic (exact) mass is 229 g/mol. The van der Waals surface area contributed by atoms with E-state index in [2.05, 4.69) is 5.32 Å². The van der Waals surface area contributed by atoms with Crippen molar-refractivity contribution in [3.05, 3.63) is 30.3 Å². The Balaban J connectivity index is 2.84. The van der Waals surface area contributed by atoms with Gasteiger partial charge in [0.25, 0.3) is 0 Å². The van der Waals surface area contributed by atoms with Crippen molar-refractivity contribution in [2.45, 2.75) is 6.04 Å². The molecule has 0 aromatic heterocycles. The van der Waals surface area contributed by atoms with Crippen LogP contribution in [-0.4, -0.2) is 36.3 Å². The summed E-state index contributed by atoms with van der Waals surface area (Å²) in [6.45, 7) is -0.505. The Labute approximate surface area is 88.5 Å². The van der Waals surface area contributed by atoms with Crippen LogP contribution < -0.4 is 5.32 Å². The van der Waals surface area contributed by atoms with Crippen molar-refractivity contribution in [2.24, 2.45) is 0 Å². The SMILES string of the molecule is O=S(=O)=C(O)[C@@H](CO)Nc1ccccc1. The molecule has 0 saturated carbocycles. The minimum Gasteiger partial charge on any atom is -0.394 e. The number of anilines is 1. The first-order valence-electron chi connectivity index (χ1n) is 4.22. The summed E-state index contributed by atoms with van der Waals surface area (Å²) in [5.41, 5.74) is 0.619. The van der Waals surface area contributed by atoms with Gasteiger partial charge in [-0.3, -0.25) is 0 Å². The lowest BCUT2D eigenvalue weighted by molar-refractivity contribution is 0.288. The van der Waals surface area contributed by atoms with Crippen LogP contribution in [0.1, 0.15) is 0 Å². The van der Waals surface area contributed by atoms with E-state index in [0.29, 0.717) is 5.69 Å². The maximum Gasteiger partial charge on any atom is 0.242 e. The lowest BCUT2D eigenvalue weighted by Crippen LogP contribution is -2.33. The highest BCUT2D eigenvalue weighted by Crippen LogP contribution is 2.06. The molecule has 0 aliphatic carbocycles. The maximum atomic E-state index is 10.5. The lowest BCUT2D eigenvalue weighted by Gasteiger charge is -2.14. The van der Waals surface area contributed by atoms with Crippen LogP contribution in [0.15, 0.2) is 30.3 Å². The van der Waals surface area contributed by atoms with E-state index in [0.717, 1.165) is 0 Å². The van der Waals surface area contributed by atoms with Gasteiger partial charge in [-0.15, -0.1) is 0 Å². The normalized spacial score (nSPS) is 11.9. The quantitative estimate of drug-likeness (QED) is 0.634. The molecule has 6 heteroatoms. The van der Waals surface area contributed by atoms with Crippen molar-refractivity contribution >= 4 is 21.0 Å². The average molecular weight is 229 g/mol. The lowest BCUT2D eigenvalue weighted by atomic mass is 10.2. The second kappa shape index (κ2) is 5.50. The third-order valence-corrected chi connectivity index (χ3v) is 2.39. The van der Waals surface area contributed by atoms with Crippen molar-refractivity contribution in [2.75, 3.05) is 11.9 Å². The first kappa shape index (κ1) is 11.7. The van der Waals surface area contributed by atoms with E-state index in [9.17, 15) is 8.42 Å². The fraction of sp³-hybridized carbons (Fsp3) is 0.222. The number of para-hydroxylation sites is 1. The van der Waals surface area contributed by atoms with Crippen LogP contribution in [0.25, 0.3) is 0 Å². The molecule has 0 fully saturated rings. The van der Waals surface area contributed by atoms with E-state index in [4.69, 9.17) is 10.2 Å². The van der Waals surface area contributed by atoms with Gasteiger partial charge in [0.2, 0.25) is 10.3 Å². The molecule has 1 atom stereocenters. The molecular formula is C9H11NO4S. The molecule has 3 N–H and O–H groups in total. The molecule has 1 rings (SSSR count). The zero-order chi connectivity index (χ0) is 11.3. The summed E-state index contributed by atoms with van der Waals surface area (Å²) in [5.74, 6) is 0. The predicted octanol–water partition coefficient (Wildman–Crippen LogP) is 0.0264. The van der Waals surface area contributed by atoms with Gasteiger partial charge in [0.1, 0.15) is 6.04 Å². The van der Waals surface area contributed by atoms with Gasteiger partial charge in [-0.1, -0.05) is 18.2 Å². The maximum absolute atomic E-state index is 10.5. The zero-order valence-corrected chi connectivity index (χ0v) is 8.61. The fourth-order valence-electron chi connectivity index (χ4n) is 1.04. The molecule has 1 aromatic carbocycles. The topological polar surface area (TPSA) is 86.6 Å². The Morgan fingerprint density at radius 3 is 2.40 bits per heavy atom. The molecule has 0 amide bonds. The van der Waals surface area contributed by atoms with E-state index in [1.807, 2.05) is 0 Å². The van der Waals surface area contributed by atoms with Crippen LogP contribution in [-0.2, 0) is 10.3 Å². The highest BCUT2D eigenvalue weighted by molar-refractivity contribution is 7.72. The Hall–Kier alpha value is -1.37. The molecular weight excluding hydrogens is 218 g/mol. The van der Waals surface area contributed by atoms with E-state index in [1.165, 1.54) is 0 Å². The molecule has 0 aliphatic rings. The summed E-state index contributed by atoms with van der Waals surface area (Å²) in [4.78, 5) is 0. The van der Waals surface area contributed by atoms with Crippen LogP contribution >= 0.6 is 0 Å². The van der Waals surface area contributed by atoms with Gasteiger partial charge >= 0.3 is 0 Å². The molecule has 15 heavy (non-hydrogen) atoms. The molecule has 0 spiro atoms. The van der Waals surface area contributed by atoms with Crippen LogP contribution in [0.4, 0.5) is 5.69 Å². The molecule has 82 valence electrons. The Morgan fingerprint density at radius 1 is 1.33 bits per heavy atom. The number of hydrogen-bond donors (Lipinski definition) is 3. The molecule has 1 aromatic rings. The number of nitrogens with one attached hydrogen (secondary N) is 1. The first-order valence-corrected chi connectivity index (χ1v) is 5.30. The predicted molar refractivity (Wildman–Crippen MR) is 57.5 cm³/mol. The Morgan fingerprint density at radius 2 is 1.93 bits per heavy atom. The molecule has 0 bridgehead atoms. The summed E-state index contributed by atoms with van der Waals surface area (Å²) in [6.07, 6.45) is 0. The van der Waals surface area contributed by atoms with E-state index < -0.39 is 28.0 Å². The molecule has 0 radical (unpaired) electrons. The van der Waals surface area contributed by atoms with Crippen molar-refractivity contribution in [3.63, 3.8) is 0 Å². The molecule has 5 nitrogen and oxygen atoms in total. The summed E-state index contributed by atoms with van der Waals surface area (Å²) in [6, 6.07) is 7.69. The van der Waals surface area contributed by atoms with Crippen molar-refractivity contribution in [3.8, 4) is 0 Å². The second-order valence-corrected chi connectivity index (χ2v) is 3.71. The van der Waals surface area contributed by atoms with Crippen LogP contribution in [0, 0.1) is 0 Å². The largest absolute Gasteiger partial charge is 0.394 e. The summed E-state index contributed by atoms with van der Waals surface area (Å²) < 4.78 is 20.9. The minimum absolute atomic E-state index is 0.505. The molecule has 0 saturated heterocycles. The van der Waals surface area contributed by atoms with Gasteiger partial charge in [-0.05, 0) is 12.1 Å². The summed E-state index contributed by atoms with van der Waals surface area (Å²) >= 11 is 0. The smallest absolute Gasteiger partial charge is 0.242 e. The summed E-state index contributed by atoms with van der Waals surface area (Å²) in [7, 11) is -2.71. The highest BCUT2D eigenvalue weighted by atomic mass is 32.2. The average Bonchev–Trinajstić information content (AvgIpc) is 2.26. The van der Waals surface area contributed by atoms with Gasteiger partial charge in [0.05, 0.1) is 6.61 Å². The number of hydrogen-bond acceptors (Lipinski definition) is 4. The number of benzene rings is 1. The van der Waals surface area contributed by atoms with E-state index >= 15 is 0 Å². The standard InChI is InChI=1S/C9H11NO4S/c11-6-8(9(12)15(13)14)10-7-4-2-1-3-5-7/h1-5,8,10-12H,6H2/t8-/m1/s1. The Bertz CT molecular complexity index is 432. The van der Waals surface area contributed by atoms with Crippen molar-refractivity contribution in [1.29, 1.82) is 0 Å². The number of rotatable bonds is 4. The third-order valence-electron chi connectivity index (χ3n) is 1.77. The number of aliphatic hydroxyl groups excluding tert-OH is 2. The minimum atomic E-state index is -2.71. The van der Waals surface area contributed by atoms with Gasteiger partial charge in [0.15, 0.2) is 5.05 Å².